The first kappa shape index (κ1) is 11.5. The highest BCUT2D eigenvalue weighted by Gasteiger charge is 2.06. The molecule has 0 amide bonds. The quantitative estimate of drug-likeness (QED) is 0.771. The summed E-state index contributed by atoms with van der Waals surface area (Å²) in [6, 6.07) is 10.7. The van der Waals surface area contributed by atoms with Gasteiger partial charge in [-0.05, 0) is 43.2 Å². The molecule has 2 aromatic carbocycles. The Bertz CT molecular complexity index is 500. The Kier molecular flexibility index (Phi) is 3.00. The van der Waals surface area contributed by atoms with Gasteiger partial charge in [0.1, 0.15) is 5.82 Å². The molecule has 0 aliphatic rings. The number of nitrogen functional groups attached to an aromatic ring is 1. The third kappa shape index (κ3) is 2.23. The van der Waals surface area contributed by atoms with Crippen molar-refractivity contribution in [3.05, 3.63) is 53.3 Å². The van der Waals surface area contributed by atoms with Crippen LogP contribution in [-0.2, 0) is 0 Å². The average molecular weight is 230 g/mol. The molecule has 0 heterocycles. The van der Waals surface area contributed by atoms with Crippen LogP contribution in [-0.4, -0.2) is 0 Å². The largest absolute Gasteiger partial charge is 0.395 e. The normalized spacial score (nSPS) is 10.3. The van der Waals surface area contributed by atoms with E-state index in [4.69, 9.17) is 5.73 Å². The Hall–Kier alpha value is -2.03. The molecule has 0 aliphatic heterocycles. The van der Waals surface area contributed by atoms with E-state index < -0.39 is 5.82 Å². The highest BCUT2D eigenvalue weighted by atomic mass is 19.1. The van der Waals surface area contributed by atoms with Crippen molar-refractivity contribution in [1.82, 2.24) is 0 Å². The standard InChI is InChI=1S/C14H15FN2/c1-9-5-3-7-12(10(9)2)17-13-8-4-6-11(15)14(13)16/h3-8,17H,16H2,1-2H3. The first-order valence-corrected chi connectivity index (χ1v) is 5.47. The third-order valence-electron chi connectivity index (χ3n) is 2.93. The zero-order valence-electron chi connectivity index (χ0n) is 9.92. The predicted molar refractivity (Wildman–Crippen MR) is 70.0 cm³/mol. The first-order valence-electron chi connectivity index (χ1n) is 5.47. The van der Waals surface area contributed by atoms with Crippen LogP contribution >= 0.6 is 0 Å². The zero-order chi connectivity index (χ0) is 12.4. The van der Waals surface area contributed by atoms with Crippen LogP contribution in [0.5, 0.6) is 0 Å². The second-order valence-corrected chi connectivity index (χ2v) is 4.07. The van der Waals surface area contributed by atoms with Gasteiger partial charge in [0, 0.05) is 5.69 Å². The van der Waals surface area contributed by atoms with Crippen LogP contribution in [0, 0.1) is 19.7 Å². The van der Waals surface area contributed by atoms with Crippen molar-refractivity contribution in [3.63, 3.8) is 0 Å². The lowest BCUT2D eigenvalue weighted by Crippen LogP contribution is -2.00. The van der Waals surface area contributed by atoms with Gasteiger partial charge in [0.25, 0.3) is 0 Å². The van der Waals surface area contributed by atoms with E-state index in [0.29, 0.717) is 5.69 Å². The van der Waals surface area contributed by atoms with E-state index in [9.17, 15) is 4.39 Å². The minimum absolute atomic E-state index is 0.147. The van der Waals surface area contributed by atoms with Crippen molar-refractivity contribution >= 4 is 17.1 Å². The van der Waals surface area contributed by atoms with Gasteiger partial charge < -0.3 is 11.1 Å². The van der Waals surface area contributed by atoms with Crippen molar-refractivity contribution in [3.8, 4) is 0 Å². The number of anilines is 3. The van der Waals surface area contributed by atoms with Crippen LogP contribution in [0.1, 0.15) is 11.1 Å². The molecule has 3 heteroatoms. The van der Waals surface area contributed by atoms with Crippen LogP contribution in [0.3, 0.4) is 0 Å². The summed E-state index contributed by atoms with van der Waals surface area (Å²) in [4.78, 5) is 0. The van der Waals surface area contributed by atoms with Gasteiger partial charge in [0.05, 0.1) is 11.4 Å². The predicted octanol–water partition coefficient (Wildman–Crippen LogP) is 3.77. The van der Waals surface area contributed by atoms with E-state index in [-0.39, 0.29) is 5.69 Å². The van der Waals surface area contributed by atoms with Crippen molar-refractivity contribution < 1.29 is 4.39 Å². The van der Waals surface area contributed by atoms with Crippen molar-refractivity contribution in [2.45, 2.75) is 13.8 Å². The highest BCUT2D eigenvalue weighted by molar-refractivity contribution is 5.74. The summed E-state index contributed by atoms with van der Waals surface area (Å²) >= 11 is 0. The number of hydrogen-bond acceptors (Lipinski definition) is 2. The first-order chi connectivity index (χ1) is 8.09. The van der Waals surface area contributed by atoms with Crippen LogP contribution < -0.4 is 11.1 Å². The van der Waals surface area contributed by atoms with Crippen molar-refractivity contribution in [2.75, 3.05) is 11.1 Å². The van der Waals surface area contributed by atoms with E-state index in [1.165, 1.54) is 11.6 Å². The topological polar surface area (TPSA) is 38.0 Å². The van der Waals surface area contributed by atoms with Crippen molar-refractivity contribution in [1.29, 1.82) is 0 Å². The maximum atomic E-state index is 13.3. The Labute approximate surface area is 100 Å². The molecule has 0 unspecified atom stereocenters. The van der Waals surface area contributed by atoms with Gasteiger partial charge in [-0.3, -0.25) is 0 Å². The lowest BCUT2D eigenvalue weighted by Gasteiger charge is -2.13. The van der Waals surface area contributed by atoms with Crippen LogP contribution in [0.25, 0.3) is 0 Å². The molecule has 88 valence electrons. The number of rotatable bonds is 2. The van der Waals surface area contributed by atoms with Gasteiger partial charge in [-0.15, -0.1) is 0 Å². The summed E-state index contributed by atoms with van der Waals surface area (Å²) < 4.78 is 13.3. The molecule has 0 bridgehead atoms. The molecule has 0 fully saturated rings. The summed E-state index contributed by atoms with van der Waals surface area (Å²) in [5.74, 6) is -0.402. The molecule has 0 aliphatic carbocycles. The Morgan fingerprint density at radius 3 is 2.41 bits per heavy atom. The maximum Gasteiger partial charge on any atom is 0.148 e. The van der Waals surface area contributed by atoms with Gasteiger partial charge >= 0.3 is 0 Å². The number of para-hydroxylation sites is 1. The monoisotopic (exact) mass is 230 g/mol. The van der Waals surface area contributed by atoms with E-state index >= 15 is 0 Å². The smallest absolute Gasteiger partial charge is 0.148 e. The van der Waals surface area contributed by atoms with Crippen molar-refractivity contribution in [2.24, 2.45) is 0 Å². The summed E-state index contributed by atoms with van der Waals surface area (Å²) in [5, 5.41) is 3.16. The molecular weight excluding hydrogens is 215 g/mol. The number of nitrogens with two attached hydrogens (primary N) is 1. The summed E-state index contributed by atoms with van der Waals surface area (Å²) in [7, 11) is 0. The molecule has 0 spiro atoms. The van der Waals surface area contributed by atoms with Crippen LogP contribution in [0.2, 0.25) is 0 Å². The Morgan fingerprint density at radius 2 is 1.65 bits per heavy atom. The third-order valence-corrected chi connectivity index (χ3v) is 2.93. The minimum Gasteiger partial charge on any atom is -0.395 e. The number of nitrogens with one attached hydrogen (secondary N) is 1. The molecule has 0 saturated carbocycles. The molecule has 17 heavy (non-hydrogen) atoms. The molecule has 0 atom stereocenters. The summed E-state index contributed by atoms with van der Waals surface area (Å²) in [5.41, 5.74) is 9.69. The second kappa shape index (κ2) is 4.45. The lowest BCUT2D eigenvalue weighted by molar-refractivity contribution is 0.633. The number of benzene rings is 2. The molecule has 2 aromatic rings. The fraction of sp³-hybridized carbons (Fsp3) is 0.143. The maximum absolute atomic E-state index is 13.3. The van der Waals surface area contributed by atoms with Crippen LogP contribution in [0.4, 0.5) is 21.5 Å². The molecule has 0 saturated heterocycles. The van der Waals surface area contributed by atoms with E-state index in [2.05, 4.69) is 5.32 Å². The SMILES string of the molecule is Cc1cccc(Nc2cccc(F)c2N)c1C. The average Bonchev–Trinajstić information content (AvgIpc) is 2.31. The Balaban J connectivity index is 2.38. The lowest BCUT2D eigenvalue weighted by atomic mass is 10.1. The molecule has 2 nitrogen and oxygen atoms in total. The zero-order valence-corrected chi connectivity index (χ0v) is 9.92. The second-order valence-electron chi connectivity index (χ2n) is 4.07. The minimum atomic E-state index is -0.402. The fourth-order valence-corrected chi connectivity index (χ4v) is 1.68. The van der Waals surface area contributed by atoms with Gasteiger partial charge in [-0.2, -0.15) is 0 Å². The summed E-state index contributed by atoms with van der Waals surface area (Å²) in [6.07, 6.45) is 0. The van der Waals surface area contributed by atoms with E-state index in [0.717, 1.165) is 11.3 Å². The number of aryl methyl sites for hydroxylation is 1. The van der Waals surface area contributed by atoms with E-state index in [1.54, 1.807) is 12.1 Å². The molecule has 3 N–H and O–H groups in total. The van der Waals surface area contributed by atoms with Gasteiger partial charge in [-0.1, -0.05) is 18.2 Å². The molecule has 0 radical (unpaired) electrons. The number of halogens is 1. The van der Waals surface area contributed by atoms with Gasteiger partial charge in [0.15, 0.2) is 0 Å². The van der Waals surface area contributed by atoms with Gasteiger partial charge in [0.2, 0.25) is 0 Å². The molecular formula is C14H15FN2. The van der Waals surface area contributed by atoms with Crippen LogP contribution in [0.15, 0.2) is 36.4 Å². The van der Waals surface area contributed by atoms with E-state index in [1.807, 2.05) is 32.0 Å². The highest BCUT2D eigenvalue weighted by Crippen LogP contribution is 2.27. The molecule has 2 rings (SSSR count). The number of hydrogen-bond donors (Lipinski definition) is 2. The van der Waals surface area contributed by atoms with Gasteiger partial charge in [-0.25, -0.2) is 4.39 Å². The molecule has 0 aromatic heterocycles. The Morgan fingerprint density at radius 1 is 1.00 bits per heavy atom. The summed E-state index contributed by atoms with van der Waals surface area (Å²) in [6.45, 7) is 4.06. The fourth-order valence-electron chi connectivity index (χ4n) is 1.68.